The van der Waals surface area contributed by atoms with E-state index in [1.165, 1.54) is 19.4 Å². The number of anilines is 1. The van der Waals surface area contributed by atoms with Crippen LogP contribution in [0.5, 0.6) is 11.5 Å². The van der Waals surface area contributed by atoms with Crippen LogP contribution in [0, 0.1) is 0 Å². The number of hydrogen-bond acceptors (Lipinski definition) is 5. The minimum Gasteiger partial charge on any atom is -0.507 e. The van der Waals surface area contributed by atoms with Crippen molar-refractivity contribution in [3.63, 3.8) is 0 Å². The Morgan fingerprint density at radius 3 is 2.81 bits per heavy atom. The van der Waals surface area contributed by atoms with Crippen LogP contribution >= 0.6 is 0 Å². The number of methoxy groups -OCH3 is 1. The molecule has 0 radical (unpaired) electrons. The number of aromatic hydroxyl groups is 1. The maximum atomic E-state index is 11.9. The van der Waals surface area contributed by atoms with Gasteiger partial charge in [-0.2, -0.15) is 5.10 Å². The molecule has 0 aliphatic rings. The lowest BCUT2D eigenvalue weighted by Crippen LogP contribution is -2.19. The van der Waals surface area contributed by atoms with Crippen LogP contribution in [0.2, 0.25) is 0 Å². The number of amides is 1. The van der Waals surface area contributed by atoms with Crippen molar-refractivity contribution in [2.24, 2.45) is 5.10 Å². The summed E-state index contributed by atoms with van der Waals surface area (Å²) < 4.78 is 5.05. The predicted molar refractivity (Wildman–Crippen MR) is 80.6 cm³/mol. The molecule has 2 aromatic rings. The second-order valence-electron chi connectivity index (χ2n) is 4.21. The van der Waals surface area contributed by atoms with E-state index in [1.54, 1.807) is 36.4 Å². The third-order valence-electron chi connectivity index (χ3n) is 2.81. The number of nitrogens with zero attached hydrogens (tertiary/aromatic N) is 1. The van der Waals surface area contributed by atoms with Gasteiger partial charge in [-0.05, 0) is 30.3 Å². The highest BCUT2D eigenvalue weighted by atomic mass is 16.5. The number of nitrogens with two attached hydrogens (primary N) is 1. The van der Waals surface area contributed by atoms with Gasteiger partial charge in [0.1, 0.15) is 11.5 Å². The number of para-hydroxylation sites is 1. The average molecular weight is 285 g/mol. The largest absolute Gasteiger partial charge is 0.507 e. The van der Waals surface area contributed by atoms with E-state index in [2.05, 4.69) is 10.5 Å². The number of benzene rings is 2. The van der Waals surface area contributed by atoms with Crippen LogP contribution in [0.1, 0.15) is 15.9 Å². The molecule has 0 saturated carbocycles. The van der Waals surface area contributed by atoms with Crippen molar-refractivity contribution < 1.29 is 14.6 Å². The lowest BCUT2D eigenvalue weighted by molar-refractivity contribution is 0.0956. The molecule has 0 aliphatic heterocycles. The number of hydrazone groups is 1. The van der Waals surface area contributed by atoms with Crippen LogP contribution in [0.15, 0.2) is 47.6 Å². The molecule has 1 amide bonds. The van der Waals surface area contributed by atoms with Gasteiger partial charge in [-0.3, -0.25) is 4.79 Å². The fourth-order valence-electron chi connectivity index (χ4n) is 1.69. The first kappa shape index (κ1) is 14.4. The summed E-state index contributed by atoms with van der Waals surface area (Å²) in [5, 5.41) is 13.5. The van der Waals surface area contributed by atoms with Crippen molar-refractivity contribution in [1.82, 2.24) is 5.43 Å². The zero-order valence-electron chi connectivity index (χ0n) is 11.4. The maximum absolute atomic E-state index is 11.9. The molecule has 6 nitrogen and oxygen atoms in total. The molecule has 108 valence electrons. The molecule has 0 atom stereocenters. The summed E-state index contributed by atoms with van der Waals surface area (Å²) in [6.07, 6.45) is 1.33. The minimum absolute atomic E-state index is 0.0352. The Morgan fingerprint density at radius 2 is 2.10 bits per heavy atom. The number of carbonyl (C=O) groups is 1. The first-order valence-corrected chi connectivity index (χ1v) is 6.16. The molecule has 0 unspecified atom stereocenters. The number of ether oxygens (including phenoxy) is 1. The quantitative estimate of drug-likeness (QED) is 0.453. The van der Waals surface area contributed by atoms with E-state index >= 15 is 0 Å². The molecule has 21 heavy (non-hydrogen) atoms. The SMILES string of the molecule is COc1ccc(O)c(C=NNC(=O)c2ccccc2N)c1. The van der Waals surface area contributed by atoms with Crippen LogP contribution in [0.3, 0.4) is 0 Å². The highest BCUT2D eigenvalue weighted by Gasteiger charge is 2.07. The fourth-order valence-corrected chi connectivity index (χ4v) is 1.69. The van der Waals surface area contributed by atoms with Crippen molar-refractivity contribution >= 4 is 17.8 Å². The molecular formula is C15H15N3O3. The number of nitrogens with one attached hydrogen (secondary N) is 1. The molecule has 0 aliphatic carbocycles. The number of carbonyl (C=O) groups excluding carboxylic acids is 1. The summed E-state index contributed by atoms with van der Waals surface area (Å²) in [6.45, 7) is 0. The van der Waals surface area contributed by atoms with Gasteiger partial charge in [-0.25, -0.2) is 5.43 Å². The summed E-state index contributed by atoms with van der Waals surface area (Å²) in [6, 6.07) is 11.4. The van der Waals surface area contributed by atoms with E-state index in [9.17, 15) is 9.90 Å². The predicted octanol–water partition coefficient (Wildman–Crippen LogP) is 1.75. The van der Waals surface area contributed by atoms with Crippen molar-refractivity contribution in [1.29, 1.82) is 0 Å². The molecule has 0 aromatic heterocycles. The Hall–Kier alpha value is -3.02. The van der Waals surface area contributed by atoms with Gasteiger partial charge in [0.2, 0.25) is 0 Å². The molecule has 0 fully saturated rings. The number of phenolic OH excluding ortho intramolecular Hbond substituents is 1. The number of rotatable bonds is 4. The van der Waals surface area contributed by atoms with Crippen LogP contribution in [0.25, 0.3) is 0 Å². The normalized spacial score (nSPS) is 10.5. The van der Waals surface area contributed by atoms with E-state index < -0.39 is 5.91 Å². The molecule has 4 N–H and O–H groups in total. The number of phenols is 1. The maximum Gasteiger partial charge on any atom is 0.273 e. The zero-order chi connectivity index (χ0) is 15.2. The molecule has 0 bridgehead atoms. The second-order valence-corrected chi connectivity index (χ2v) is 4.21. The van der Waals surface area contributed by atoms with Gasteiger partial charge in [0.25, 0.3) is 5.91 Å². The van der Waals surface area contributed by atoms with Gasteiger partial charge >= 0.3 is 0 Å². The Kier molecular flexibility index (Phi) is 4.40. The van der Waals surface area contributed by atoms with E-state index in [1.807, 2.05) is 0 Å². The molecular weight excluding hydrogens is 270 g/mol. The summed E-state index contributed by atoms with van der Waals surface area (Å²) >= 11 is 0. The van der Waals surface area contributed by atoms with E-state index in [-0.39, 0.29) is 5.75 Å². The molecule has 2 rings (SSSR count). The standard InChI is InChI=1S/C15H15N3O3/c1-21-11-6-7-14(19)10(8-11)9-17-18-15(20)12-4-2-3-5-13(12)16/h2-9,19H,16H2,1H3,(H,18,20). The first-order chi connectivity index (χ1) is 10.1. The molecule has 0 heterocycles. The Balaban J connectivity index is 2.09. The van der Waals surface area contributed by atoms with Crippen molar-refractivity contribution in [2.45, 2.75) is 0 Å². The van der Waals surface area contributed by atoms with Crippen LogP contribution in [-0.2, 0) is 0 Å². The Bertz CT molecular complexity index is 684. The van der Waals surface area contributed by atoms with E-state index in [0.29, 0.717) is 22.6 Å². The van der Waals surface area contributed by atoms with Gasteiger partial charge in [0.05, 0.1) is 18.9 Å². The molecule has 0 saturated heterocycles. The molecule has 0 spiro atoms. The lowest BCUT2D eigenvalue weighted by Gasteiger charge is -2.04. The van der Waals surface area contributed by atoms with Gasteiger partial charge in [0.15, 0.2) is 0 Å². The monoisotopic (exact) mass is 285 g/mol. The highest BCUT2D eigenvalue weighted by Crippen LogP contribution is 2.21. The average Bonchev–Trinajstić information content (AvgIpc) is 2.49. The summed E-state index contributed by atoms with van der Waals surface area (Å²) in [4.78, 5) is 11.9. The second kappa shape index (κ2) is 6.42. The van der Waals surface area contributed by atoms with Gasteiger partial charge in [-0.15, -0.1) is 0 Å². The van der Waals surface area contributed by atoms with E-state index in [0.717, 1.165) is 0 Å². The topological polar surface area (TPSA) is 96.9 Å². The lowest BCUT2D eigenvalue weighted by atomic mass is 10.2. The molecule has 6 heteroatoms. The van der Waals surface area contributed by atoms with Crippen molar-refractivity contribution in [2.75, 3.05) is 12.8 Å². The van der Waals surface area contributed by atoms with Gasteiger partial charge in [0, 0.05) is 11.3 Å². The minimum atomic E-state index is -0.424. The number of nitrogen functional groups attached to an aromatic ring is 1. The zero-order valence-corrected chi connectivity index (χ0v) is 11.4. The number of hydrogen-bond donors (Lipinski definition) is 3. The van der Waals surface area contributed by atoms with Crippen molar-refractivity contribution in [3.05, 3.63) is 53.6 Å². The van der Waals surface area contributed by atoms with E-state index in [4.69, 9.17) is 10.5 Å². The van der Waals surface area contributed by atoms with Crippen LogP contribution in [0.4, 0.5) is 5.69 Å². The fraction of sp³-hybridized carbons (Fsp3) is 0.0667. The molecule has 2 aromatic carbocycles. The Morgan fingerprint density at radius 1 is 1.33 bits per heavy atom. The van der Waals surface area contributed by atoms with Gasteiger partial charge in [-0.1, -0.05) is 12.1 Å². The van der Waals surface area contributed by atoms with Crippen LogP contribution in [-0.4, -0.2) is 24.3 Å². The Labute approximate surface area is 121 Å². The van der Waals surface area contributed by atoms with Gasteiger partial charge < -0.3 is 15.6 Å². The summed E-state index contributed by atoms with van der Waals surface area (Å²) in [5.74, 6) is 0.188. The first-order valence-electron chi connectivity index (χ1n) is 6.16. The third kappa shape index (κ3) is 3.50. The van der Waals surface area contributed by atoms with Crippen molar-refractivity contribution in [3.8, 4) is 11.5 Å². The highest BCUT2D eigenvalue weighted by molar-refractivity contribution is 5.99. The smallest absolute Gasteiger partial charge is 0.273 e. The summed E-state index contributed by atoms with van der Waals surface area (Å²) in [7, 11) is 1.52. The third-order valence-corrected chi connectivity index (χ3v) is 2.81. The van der Waals surface area contributed by atoms with Crippen LogP contribution < -0.4 is 15.9 Å². The summed E-state index contributed by atoms with van der Waals surface area (Å²) in [5.41, 5.74) is 9.18.